The van der Waals surface area contributed by atoms with Gasteiger partial charge in [0.1, 0.15) is 5.76 Å². The molecule has 0 spiro atoms. The van der Waals surface area contributed by atoms with Crippen molar-refractivity contribution in [2.45, 2.75) is 23.9 Å². The highest BCUT2D eigenvalue weighted by atomic mass is 32.2. The van der Waals surface area contributed by atoms with Crippen molar-refractivity contribution in [3.05, 3.63) is 35.2 Å². The van der Waals surface area contributed by atoms with Crippen molar-refractivity contribution in [3.8, 4) is 0 Å². The first-order valence-electron chi connectivity index (χ1n) is 7.30. The van der Waals surface area contributed by atoms with Crippen LogP contribution >= 0.6 is 34.9 Å². The van der Waals surface area contributed by atoms with E-state index in [1.165, 1.54) is 0 Å². The van der Waals surface area contributed by atoms with Crippen LogP contribution in [-0.2, 0) is 10.5 Å². The van der Waals surface area contributed by atoms with Gasteiger partial charge in [-0.15, -0.1) is 23.1 Å². The molecule has 1 aromatic carbocycles. The molecule has 3 aromatic rings. The van der Waals surface area contributed by atoms with Crippen molar-refractivity contribution in [3.63, 3.8) is 0 Å². The Hall–Kier alpha value is -1.51. The molecule has 0 aliphatic heterocycles. The van der Waals surface area contributed by atoms with Crippen LogP contribution in [0.25, 0.3) is 10.2 Å². The molecule has 0 unspecified atom stereocenters. The summed E-state index contributed by atoms with van der Waals surface area (Å²) in [5, 5.41) is 6.87. The number of fused-ring (bicyclic) bond motifs is 1. The van der Waals surface area contributed by atoms with Crippen molar-refractivity contribution in [1.82, 2.24) is 10.1 Å². The first-order valence-corrected chi connectivity index (χ1v) is 10.5. The van der Waals surface area contributed by atoms with Crippen molar-refractivity contribution in [1.29, 1.82) is 0 Å². The Bertz CT molecular complexity index is 853. The second kappa shape index (κ2) is 7.58. The Morgan fingerprint density at radius 1 is 1.38 bits per heavy atom. The van der Waals surface area contributed by atoms with Crippen LogP contribution in [0.3, 0.4) is 0 Å². The molecular weight excluding hydrogens is 362 g/mol. The van der Waals surface area contributed by atoms with E-state index in [4.69, 9.17) is 4.52 Å². The van der Waals surface area contributed by atoms with Gasteiger partial charge in [0.05, 0.1) is 21.7 Å². The Kier molecular flexibility index (Phi) is 5.47. The molecule has 3 rings (SSSR count). The highest BCUT2D eigenvalue weighted by Gasteiger charge is 2.11. The molecule has 0 saturated heterocycles. The number of anilines is 1. The molecule has 2 aromatic heterocycles. The zero-order valence-corrected chi connectivity index (χ0v) is 16.0. The summed E-state index contributed by atoms with van der Waals surface area (Å²) in [6.07, 6.45) is 2.01. The fourth-order valence-corrected chi connectivity index (χ4v) is 4.72. The van der Waals surface area contributed by atoms with Crippen LogP contribution in [0.15, 0.2) is 27.1 Å². The van der Waals surface area contributed by atoms with E-state index in [0.29, 0.717) is 5.75 Å². The van der Waals surface area contributed by atoms with Gasteiger partial charge in [-0.1, -0.05) is 16.9 Å². The number of nitrogens with one attached hydrogen (secondary N) is 1. The number of aromatic nitrogens is 2. The Balaban J connectivity index is 1.56. The van der Waals surface area contributed by atoms with Crippen molar-refractivity contribution < 1.29 is 9.32 Å². The van der Waals surface area contributed by atoms with E-state index in [0.717, 1.165) is 43.0 Å². The van der Waals surface area contributed by atoms with E-state index in [2.05, 4.69) is 15.5 Å². The molecule has 0 saturated carbocycles. The summed E-state index contributed by atoms with van der Waals surface area (Å²) in [6, 6.07) is 5.81. The van der Waals surface area contributed by atoms with Crippen LogP contribution in [0.4, 0.5) is 5.69 Å². The van der Waals surface area contributed by atoms with Crippen LogP contribution in [-0.4, -0.2) is 28.1 Å². The molecule has 0 bridgehead atoms. The highest BCUT2D eigenvalue weighted by molar-refractivity contribution is 8.00. The second-order valence-corrected chi connectivity index (χ2v) is 8.28. The molecule has 126 valence electrons. The number of amides is 1. The van der Waals surface area contributed by atoms with Gasteiger partial charge in [0.2, 0.25) is 5.91 Å². The van der Waals surface area contributed by atoms with Crippen LogP contribution in [0, 0.1) is 13.8 Å². The Morgan fingerprint density at radius 3 is 2.92 bits per heavy atom. The summed E-state index contributed by atoms with van der Waals surface area (Å²) in [7, 11) is 0. The maximum Gasteiger partial charge on any atom is 0.234 e. The number of benzene rings is 1. The molecule has 8 heteroatoms. The topological polar surface area (TPSA) is 68.0 Å². The van der Waals surface area contributed by atoms with E-state index in [9.17, 15) is 4.79 Å². The van der Waals surface area contributed by atoms with Crippen LogP contribution in [0.2, 0.25) is 0 Å². The van der Waals surface area contributed by atoms with Gasteiger partial charge in [0.25, 0.3) is 0 Å². The molecule has 0 aliphatic rings. The van der Waals surface area contributed by atoms with E-state index < -0.39 is 0 Å². The van der Waals surface area contributed by atoms with E-state index in [1.807, 2.05) is 38.3 Å². The standard InChI is InChI=1S/C16H17N3O2S3/c1-9-12(10(2)21-19-9)7-23-8-15(20)17-11-4-5-13-14(6-11)24-16(18-13)22-3/h4-6H,7-8H2,1-3H3,(H,17,20). The Morgan fingerprint density at radius 2 is 2.21 bits per heavy atom. The normalized spacial score (nSPS) is 11.1. The predicted molar refractivity (Wildman–Crippen MR) is 102 cm³/mol. The molecule has 2 heterocycles. The zero-order chi connectivity index (χ0) is 17.1. The number of thiazole rings is 1. The fourth-order valence-electron chi connectivity index (χ4n) is 2.22. The fraction of sp³-hybridized carbons (Fsp3) is 0.312. The smallest absolute Gasteiger partial charge is 0.234 e. The maximum absolute atomic E-state index is 12.1. The average molecular weight is 380 g/mol. The lowest BCUT2D eigenvalue weighted by Gasteiger charge is -2.05. The first kappa shape index (κ1) is 17.3. The minimum atomic E-state index is -0.0132. The summed E-state index contributed by atoms with van der Waals surface area (Å²) in [4.78, 5) is 16.6. The van der Waals surface area contributed by atoms with Gasteiger partial charge in [0.15, 0.2) is 4.34 Å². The average Bonchev–Trinajstić information content (AvgIpc) is 3.11. The number of hydrogen-bond donors (Lipinski definition) is 1. The molecule has 24 heavy (non-hydrogen) atoms. The SMILES string of the molecule is CSc1nc2ccc(NC(=O)CSCc3c(C)noc3C)cc2s1. The summed E-state index contributed by atoms with van der Waals surface area (Å²) in [5.41, 5.74) is 3.74. The van der Waals surface area contributed by atoms with Gasteiger partial charge < -0.3 is 9.84 Å². The van der Waals surface area contributed by atoms with Crippen LogP contribution in [0.5, 0.6) is 0 Å². The summed E-state index contributed by atoms with van der Waals surface area (Å²) >= 11 is 4.82. The lowest BCUT2D eigenvalue weighted by atomic mass is 10.2. The largest absolute Gasteiger partial charge is 0.361 e. The van der Waals surface area contributed by atoms with Crippen LogP contribution < -0.4 is 5.32 Å². The minimum Gasteiger partial charge on any atom is -0.361 e. The van der Waals surface area contributed by atoms with Crippen molar-refractivity contribution in [2.75, 3.05) is 17.3 Å². The maximum atomic E-state index is 12.1. The third-order valence-electron chi connectivity index (χ3n) is 3.49. The van der Waals surface area contributed by atoms with Gasteiger partial charge >= 0.3 is 0 Å². The molecule has 1 N–H and O–H groups in total. The number of nitrogens with zero attached hydrogens (tertiary/aromatic N) is 2. The summed E-state index contributed by atoms with van der Waals surface area (Å²) < 4.78 is 7.25. The second-order valence-electron chi connectivity index (χ2n) is 5.21. The van der Waals surface area contributed by atoms with E-state index >= 15 is 0 Å². The number of carbonyl (C=O) groups is 1. The molecule has 0 atom stereocenters. The number of thioether (sulfide) groups is 2. The highest BCUT2D eigenvalue weighted by Crippen LogP contribution is 2.30. The monoisotopic (exact) mass is 379 g/mol. The number of hydrogen-bond acceptors (Lipinski definition) is 7. The predicted octanol–water partition coefficient (Wildman–Crippen LogP) is 4.49. The van der Waals surface area contributed by atoms with Gasteiger partial charge in [-0.25, -0.2) is 4.98 Å². The van der Waals surface area contributed by atoms with Gasteiger partial charge in [-0.2, -0.15) is 0 Å². The third kappa shape index (κ3) is 3.93. The zero-order valence-electron chi connectivity index (χ0n) is 13.6. The summed E-state index contributed by atoms with van der Waals surface area (Å²) in [5.74, 6) is 1.92. The molecule has 0 aliphatic carbocycles. The number of aryl methyl sites for hydroxylation is 2. The summed E-state index contributed by atoms with van der Waals surface area (Å²) in [6.45, 7) is 3.81. The van der Waals surface area contributed by atoms with E-state index in [-0.39, 0.29) is 5.91 Å². The van der Waals surface area contributed by atoms with Gasteiger partial charge in [0, 0.05) is 17.0 Å². The van der Waals surface area contributed by atoms with Gasteiger partial charge in [-0.3, -0.25) is 4.79 Å². The molecule has 5 nitrogen and oxygen atoms in total. The number of rotatable bonds is 6. The minimum absolute atomic E-state index is 0.0132. The molecule has 0 fully saturated rings. The van der Waals surface area contributed by atoms with Crippen molar-refractivity contribution >= 4 is 56.7 Å². The van der Waals surface area contributed by atoms with Gasteiger partial charge in [-0.05, 0) is 38.3 Å². The number of carbonyl (C=O) groups excluding carboxylic acids is 1. The Labute approximate surface area is 152 Å². The lowest BCUT2D eigenvalue weighted by molar-refractivity contribution is -0.113. The molecular formula is C16H17N3O2S3. The van der Waals surface area contributed by atoms with E-state index in [1.54, 1.807) is 34.9 Å². The lowest BCUT2D eigenvalue weighted by Crippen LogP contribution is -2.14. The molecule has 1 amide bonds. The van der Waals surface area contributed by atoms with Crippen molar-refractivity contribution in [2.24, 2.45) is 0 Å². The third-order valence-corrected chi connectivity index (χ3v) is 6.45. The van der Waals surface area contributed by atoms with Crippen LogP contribution in [0.1, 0.15) is 17.0 Å². The first-order chi connectivity index (χ1) is 11.6. The quantitative estimate of drug-likeness (QED) is 0.636. The molecule has 0 radical (unpaired) electrons.